The van der Waals surface area contributed by atoms with Gasteiger partial charge in [0.1, 0.15) is 0 Å². The highest BCUT2D eigenvalue weighted by Crippen LogP contribution is 2.34. The molecule has 8 heteroatoms. The van der Waals surface area contributed by atoms with E-state index >= 15 is 0 Å². The maximum atomic E-state index is 13.1. The topological polar surface area (TPSA) is 66.9 Å². The Morgan fingerprint density at radius 1 is 1.00 bits per heavy atom. The zero-order valence-electron chi connectivity index (χ0n) is 17.0. The molecule has 0 saturated heterocycles. The third-order valence-corrected chi connectivity index (χ3v) is 5.88. The first-order valence-electron chi connectivity index (χ1n) is 9.72. The molecule has 2 aromatic heterocycles. The molecule has 0 aliphatic carbocycles. The highest BCUT2D eigenvalue weighted by molar-refractivity contribution is 6.35. The van der Waals surface area contributed by atoms with Crippen LogP contribution in [0.4, 0.5) is 0 Å². The number of amides is 1. The summed E-state index contributed by atoms with van der Waals surface area (Å²) in [6.07, 6.45) is 3.34. The first kappa shape index (κ1) is 22.2. The summed E-state index contributed by atoms with van der Waals surface area (Å²) in [7, 11) is 0. The summed E-state index contributed by atoms with van der Waals surface area (Å²) in [6.45, 7) is 2.16. The van der Waals surface area contributed by atoms with Crippen LogP contribution in [0.3, 0.4) is 0 Å². The van der Waals surface area contributed by atoms with E-state index in [1.54, 1.807) is 42.7 Å². The third kappa shape index (κ3) is 4.60. The first-order valence-corrected chi connectivity index (χ1v) is 10.9. The molecular formula is C24H18Cl3N3O2. The maximum absolute atomic E-state index is 13.1. The molecule has 0 fully saturated rings. The summed E-state index contributed by atoms with van der Waals surface area (Å²) in [5, 5.41) is 4.50. The zero-order chi connectivity index (χ0) is 22.8. The van der Waals surface area contributed by atoms with Gasteiger partial charge in [0.15, 0.2) is 0 Å². The van der Waals surface area contributed by atoms with Crippen molar-refractivity contribution in [2.75, 3.05) is 0 Å². The van der Waals surface area contributed by atoms with Crippen molar-refractivity contribution in [1.29, 1.82) is 0 Å². The van der Waals surface area contributed by atoms with E-state index in [0.717, 1.165) is 22.4 Å². The predicted molar refractivity (Wildman–Crippen MR) is 129 cm³/mol. The van der Waals surface area contributed by atoms with Crippen molar-refractivity contribution < 1.29 is 4.79 Å². The Kier molecular flexibility index (Phi) is 6.42. The molecule has 0 radical (unpaired) electrons. The second kappa shape index (κ2) is 9.25. The predicted octanol–water partition coefficient (Wildman–Crippen LogP) is 6.03. The van der Waals surface area contributed by atoms with Gasteiger partial charge in [0.05, 0.1) is 22.0 Å². The molecule has 4 rings (SSSR count). The van der Waals surface area contributed by atoms with Crippen molar-refractivity contribution in [1.82, 2.24) is 14.9 Å². The van der Waals surface area contributed by atoms with Gasteiger partial charge >= 0.3 is 0 Å². The lowest BCUT2D eigenvalue weighted by Gasteiger charge is -2.13. The van der Waals surface area contributed by atoms with Gasteiger partial charge in [0, 0.05) is 35.1 Å². The van der Waals surface area contributed by atoms with Crippen molar-refractivity contribution in [2.24, 2.45) is 0 Å². The number of carbonyl (C=O) groups is 1. The number of pyridine rings is 1. The average molecular weight is 487 g/mol. The summed E-state index contributed by atoms with van der Waals surface area (Å²) in [4.78, 5) is 26.9. The number of hydrogen-bond acceptors (Lipinski definition) is 2. The van der Waals surface area contributed by atoms with Crippen LogP contribution in [0.5, 0.6) is 0 Å². The minimum Gasteiger partial charge on any atom is -0.348 e. The monoisotopic (exact) mass is 485 g/mol. The SMILES string of the molecule is Cc1c(C(=O)NCc2ccc(=O)[nH]c2)cn(-c2ccc(Cl)cc2Cl)c1-c1ccc(Cl)cc1. The molecule has 5 nitrogen and oxygen atoms in total. The molecule has 2 aromatic carbocycles. The Hall–Kier alpha value is -2.99. The largest absolute Gasteiger partial charge is 0.348 e. The molecule has 2 heterocycles. The highest BCUT2D eigenvalue weighted by atomic mass is 35.5. The number of nitrogens with zero attached hydrogens (tertiary/aromatic N) is 1. The van der Waals surface area contributed by atoms with E-state index in [-0.39, 0.29) is 18.0 Å². The lowest BCUT2D eigenvalue weighted by molar-refractivity contribution is 0.0950. The van der Waals surface area contributed by atoms with Gasteiger partial charge in [-0.15, -0.1) is 0 Å². The quantitative estimate of drug-likeness (QED) is 0.362. The summed E-state index contributed by atoms with van der Waals surface area (Å²) >= 11 is 18.6. The molecule has 4 aromatic rings. The molecule has 0 saturated carbocycles. The normalized spacial score (nSPS) is 10.9. The van der Waals surface area contributed by atoms with Crippen molar-refractivity contribution in [3.8, 4) is 16.9 Å². The van der Waals surface area contributed by atoms with Crippen LogP contribution in [-0.2, 0) is 6.54 Å². The number of aromatic amines is 1. The van der Waals surface area contributed by atoms with E-state index in [9.17, 15) is 9.59 Å². The van der Waals surface area contributed by atoms with Gasteiger partial charge in [-0.2, -0.15) is 0 Å². The number of benzene rings is 2. The third-order valence-electron chi connectivity index (χ3n) is 5.09. The number of hydrogen-bond donors (Lipinski definition) is 2. The van der Waals surface area contributed by atoms with Crippen LogP contribution in [0, 0.1) is 6.92 Å². The Labute approximate surface area is 199 Å². The van der Waals surface area contributed by atoms with E-state index < -0.39 is 0 Å². The van der Waals surface area contributed by atoms with Crippen LogP contribution in [0.2, 0.25) is 15.1 Å². The van der Waals surface area contributed by atoms with E-state index in [1.807, 2.05) is 29.7 Å². The summed E-state index contributed by atoms with van der Waals surface area (Å²) < 4.78 is 1.88. The van der Waals surface area contributed by atoms with Crippen molar-refractivity contribution in [3.63, 3.8) is 0 Å². The summed E-state index contributed by atoms with van der Waals surface area (Å²) in [5.74, 6) is -0.243. The molecular weight excluding hydrogens is 469 g/mol. The van der Waals surface area contributed by atoms with Gasteiger partial charge in [-0.25, -0.2) is 0 Å². The minimum atomic E-state index is -0.243. The molecule has 0 spiro atoms. The molecule has 0 bridgehead atoms. The zero-order valence-corrected chi connectivity index (χ0v) is 19.2. The Morgan fingerprint density at radius 3 is 2.38 bits per heavy atom. The second-order valence-electron chi connectivity index (χ2n) is 7.23. The molecule has 0 unspecified atom stereocenters. The molecule has 0 aliphatic heterocycles. The van der Waals surface area contributed by atoms with Crippen LogP contribution < -0.4 is 10.9 Å². The van der Waals surface area contributed by atoms with Gasteiger partial charge in [-0.1, -0.05) is 53.0 Å². The van der Waals surface area contributed by atoms with Gasteiger partial charge in [-0.3, -0.25) is 9.59 Å². The van der Waals surface area contributed by atoms with Crippen LogP contribution >= 0.6 is 34.8 Å². The van der Waals surface area contributed by atoms with E-state index in [1.165, 1.54) is 6.07 Å². The fourth-order valence-corrected chi connectivity index (χ4v) is 4.11. The fourth-order valence-electron chi connectivity index (χ4n) is 3.49. The number of rotatable bonds is 5. The van der Waals surface area contributed by atoms with Crippen LogP contribution in [0.1, 0.15) is 21.5 Å². The van der Waals surface area contributed by atoms with Crippen LogP contribution in [0.25, 0.3) is 16.9 Å². The van der Waals surface area contributed by atoms with Gasteiger partial charge in [0.2, 0.25) is 5.56 Å². The van der Waals surface area contributed by atoms with E-state index in [0.29, 0.717) is 26.3 Å². The highest BCUT2D eigenvalue weighted by Gasteiger charge is 2.21. The first-order chi connectivity index (χ1) is 15.3. The summed E-state index contributed by atoms with van der Waals surface area (Å²) in [5.41, 5.74) is 4.29. The lowest BCUT2D eigenvalue weighted by Crippen LogP contribution is -2.23. The molecule has 0 aliphatic rings. The Balaban J connectivity index is 1.76. The second-order valence-corrected chi connectivity index (χ2v) is 8.51. The number of nitrogens with one attached hydrogen (secondary N) is 2. The van der Waals surface area contributed by atoms with E-state index in [4.69, 9.17) is 34.8 Å². The average Bonchev–Trinajstić information content (AvgIpc) is 3.10. The van der Waals surface area contributed by atoms with Gasteiger partial charge < -0.3 is 14.9 Å². The van der Waals surface area contributed by atoms with Crippen molar-refractivity contribution in [2.45, 2.75) is 13.5 Å². The van der Waals surface area contributed by atoms with Gasteiger partial charge in [-0.05, 0) is 53.9 Å². The smallest absolute Gasteiger partial charge is 0.253 e. The number of H-pyrrole nitrogens is 1. The van der Waals surface area contributed by atoms with E-state index in [2.05, 4.69) is 10.3 Å². The number of halogens is 3. The summed E-state index contributed by atoms with van der Waals surface area (Å²) in [6, 6.07) is 15.7. The maximum Gasteiger partial charge on any atom is 0.253 e. The molecule has 162 valence electrons. The van der Waals surface area contributed by atoms with Crippen molar-refractivity contribution >= 4 is 40.7 Å². The Bertz CT molecular complexity index is 1340. The van der Waals surface area contributed by atoms with Crippen molar-refractivity contribution in [3.05, 3.63) is 109 Å². The minimum absolute atomic E-state index is 0.194. The standard InChI is InChI=1S/C24H18Cl3N3O2/c1-14-19(24(32)29-12-15-2-9-22(31)28-11-15)13-30(21-8-7-18(26)10-20(21)27)23(14)16-3-5-17(25)6-4-16/h2-11,13H,12H2,1H3,(H,28,31)(H,29,32). The molecule has 1 amide bonds. The Morgan fingerprint density at radius 2 is 1.72 bits per heavy atom. The van der Waals surface area contributed by atoms with Crippen LogP contribution in [-0.4, -0.2) is 15.5 Å². The number of aromatic nitrogens is 2. The number of carbonyl (C=O) groups excluding carboxylic acids is 1. The lowest BCUT2D eigenvalue weighted by atomic mass is 10.1. The fraction of sp³-hybridized carbons (Fsp3) is 0.0833. The molecule has 32 heavy (non-hydrogen) atoms. The molecule has 0 atom stereocenters. The van der Waals surface area contributed by atoms with Gasteiger partial charge in [0.25, 0.3) is 5.91 Å². The molecule has 2 N–H and O–H groups in total. The van der Waals surface area contributed by atoms with Crippen LogP contribution in [0.15, 0.2) is 71.8 Å².